The van der Waals surface area contributed by atoms with Crippen LogP contribution in [0.2, 0.25) is 0 Å². The van der Waals surface area contributed by atoms with Crippen molar-refractivity contribution in [1.29, 1.82) is 0 Å². The van der Waals surface area contributed by atoms with E-state index in [-0.39, 0.29) is 23.9 Å². The lowest BCUT2D eigenvalue weighted by Gasteiger charge is -2.36. The zero-order valence-corrected chi connectivity index (χ0v) is 14.1. The number of hydrogen-bond acceptors (Lipinski definition) is 2. The summed E-state index contributed by atoms with van der Waals surface area (Å²) in [5.41, 5.74) is 1.82. The van der Waals surface area contributed by atoms with E-state index in [1.807, 2.05) is 6.07 Å². The molecule has 3 heteroatoms. The number of likely N-dealkylation sites (tertiary alicyclic amines) is 1. The minimum absolute atomic E-state index is 0.0385. The minimum atomic E-state index is -0.278. The van der Waals surface area contributed by atoms with Crippen molar-refractivity contribution in [3.8, 4) is 0 Å². The summed E-state index contributed by atoms with van der Waals surface area (Å²) < 4.78 is 13.8. The molecule has 2 aromatic rings. The van der Waals surface area contributed by atoms with E-state index in [1.54, 1.807) is 18.2 Å². The molecule has 0 N–H and O–H groups in total. The molecule has 0 amide bonds. The number of benzene rings is 2. The van der Waals surface area contributed by atoms with Gasteiger partial charge in [0.1, 0.15) is 11.6 Å². The molecule has 1 fully saturated rings. The van der Waals surface area contributed by atoms with Gasteiger partial charge in [-0.3, -0.25) is 9.69 Å². The highest BCUT2D eigenvalue weighted by Gasteiger charge is 2.31. The van der Waals surface area contributed by atoms with Gasteiger partial charge in [-0.25, -0.2) is 4.39 Å². The highest BCUT2D eigenvalue weighted by atomic mass is 19.1. The van der Waals surface area contributed by atoms with Crippen molar-refractivity contribution in [3.63, 3.8) is 0 Å². The van der Waals surface area contributed by atoms with Crippen LogP contribution in [0, 0.1) is 17.7 Å². The Labute approximate surface area is 143 Å². The molecule has 0 saturated carbocycles. The van der Waals surface area contributed by atoms with Crippen molar-refractivity contribution in [2.75, 3.05) is 13.1 Å². The molecule has 1 aliphatic rings. The van der Waals surface area contributed by atoms with Crippen LogP contribution in [-0.4, -0.2) is 23.8 Å². The van der Waals surface area contributed by atoms with Crippen LogP contribution < -0.4 is 0 Å². The molecular weight excluding hydrogens is 301 g/mol. The second kappa shape index (κ2) is 7.71. The number of rotatable bonds is 5. The molecule has 24 heavy (non-hydrogen) atoms. The van der Waals surface area contributed by atoms with Gasteiger partial charge in [0.25, 0.3) is 0 Å². The van der Waals surface area contributed by atoms with E-state index < -0.39 is 0 Å². The lowest BCUT2D eigenvalue weighted by molar-refractivity contribution is -0.125. The Morgan fingerprint density at radius 2 is 1.83 bits per heavy atom. The molecule has 2 aromatic carbocycles. The predicted octanol–water partition coefficient (Wildman–Crippen LogP) is 4.10. The van der Waals surface area contributed by atoms with Crippen LogP contribution in [0.3, 0.4) is 0 Å². The monoisotopic (exact) mass is 325 g/mol. The molecule has 2 nitrogen and oxygen atoms in total. The maximum atomic E-state index is 13.8. The zero-order chi connectivity index (χ0) is 16.9. The van der Waals surface area contributed by atoms with Crippen LogP contribution in [0.5, 0.6) is 0 Å². The van der Waals surface area contributed by atoms with Crippen LogP contribution in [0.1, 0.15) is 24.5 Å². The highest BCUT2D eigenvalue weighted by molar-refractivity contribution is 5.83. The summed E-state index contributed by atoms with van der Waals surface area (Å²) in [6.45, 7) is 4.91. The molecule has 0 radical (unpaired) electrons. The van der Waals surface area contributed by atoms with Gasteiger partial charge < -0.3 is 0 Å². The van der Waals surface area contributed by atoms with E-state index in [0.717, 1.165) is 26.1 Å². The van der Waals surface area contributed by atoms with Crippen LogP contribution in [-0.2, 0) is 17.8 Å². The summed E-state index contributed by atoms with van der Waals surface area (Å²) in [5, 5.41) is 0. The van der Waals surface area contributed by atoms with Crippen LogP contribution in [0.15, 0.2) is 54.6 Å². The van der Waals surface area contributed by atoms with Crippen molar-refractivity contribution in [1.82, 2.24) is 4.90 Å². The first-order valence-corrected chi connectivity index (χ1v) is 8.66. The first-order valence-electron chi connectivity index (χ1n) is 8.66. The van der Waals surface area contributed by atoms with Gasteiger partial charge >= 0.3 is 0 Å². The third-order valence-corrected chi connectivity index (χ3v) is 4.97. The molecular formula is C21H24FNO. The van der Waals surface area contributed by atoms with Crippen molar-refractivity contribution in [2.24, 2.45) is 11.8 Å². The van der Waals surface area contributed by atoms with Crippen molar-refractivity contribution >= 4 is 5.78 Å². The van der Waals surface area contributed by atoms with E-state index in [4.69, 9.17) is 0 Å². The second-order valence-electron chi connectivity index (χ2n) is 6.83. The lowest BCUT2D eigenvalue weighted by atomic mass is 9.81. The largest absolute Gasteiger partial charge is 0.299 e. The Bertz CT molecular complexity index is 685. The summed E-state index contributed by atoms with van der Waals surface area (Å²) >= 11 is 0. The van der Waals surface area contributed by atoms with Gasteiger partial charge in [0, 0.05) is 25.4 Å². The fraction of sp³-hybridized carbons (Fsp3) is 0.381. The first kappa shape index (κ1) is 16.8. The Morgan fingerprint density at radius 1 is 1.12 bits per heavy atom. The van der Waals surface area contributed by atoms with Crippen molar-refractivity contribution in [3.05, 3.63) is 71.5 Å². The van der Waals surface area contributed by atoms with Crippen LogP contribution >= 0.6 is 0 Å². The number of carbonyl (C=O) groups excluding carboxylic acids is 1. The van der Waals surface area contributed by atoms with E-state index in [2.05, 4.69) is 36.1 Å². The summed E-state index contributed by atoms with van der Waals surface area (Å²) in [6.07, 6.45) is 1.07. The normalized spacial score (nSPS) is 21.6. The maximum Gasteiger partial charge on any atom is 0.140 e. The smallest absolute Gasteiger partial charge is 0.140 e. The van der Waals surface area contributed by atoms with Crippen molar-refractivity contribution in [2.45, 2.75) is 26.3 Å². The molecule has 2 atom stereocenters. The van der Waals surface area contributed by atoms with Crippen molar-refractivity contribution < 1.29 is 9.18 Å². The molecule has 0 aromatic heterocycles. The van der Waals surface area contributed by atoms with E-state index >= 15 is 0 Å². The van der Waals surface area contributed by atoms with E-state index in [0.29, 0.717) is 11.5 Å². The molecule has 0 aliphatic carbocycles. The van der Waals surface area contributed by atoms with E-state index in [1.165, 1.54) is 11.6 Å². The zero-order valence-electron chi connectivity index (χ0n) is 14.1. The average molecular weight is 325 g/mol. The average Bonchev–Trinajstić information content (AvgIpc) is 2.58. The molecule has 126 valence electrons. The molecule has 0 spiro atoms. The molecule has 1 unspecified atom stereocenters. The second-order valence-corrected chi connectivity index (χ2v) is 6.83. The summed E-state index contributed by atoms with van der Waals surface area (Å²) in [5.74, 6) is 0.241. The van der Waals surface area contributed by atoms with Gasteiger partial charge in [-0.05, 0) is 36.1 Å². The summed E-state index contributed by atoms with van der Waals surface area (Å²) in [4.78, 5) is 15.0. The number of ketones is 1. The van der Waals surface area contributed by atoms with Crippen LogP contribution in [0.25, 0.3) is 0 Å². The van der Waals surface area contributed by atoms with Gasteiger partial charge in [-0.15, -0.1) is 0 Å². The van der Waals surface area contributed by atoms with Gasteiger partial charge in [-0.1, -0.05) is 55.5 Å². The quantitative estimate of drug-likeness (QED) is 0.825. The number of carbonyl (C=O) groups is 1. The number of nitrogens with zero attached hydrogens (tertiary/aromatic N) is 1. The predicted molar refractivity (Wildman–Crippen MR) is 94.1 cm³/mol. The third-order valence-electron chi connectivity index (χ3n) is 4.97. The van der Waals surface area contributed by atoms with Crippen LogP contribution in [0.4, 0.5) is 4.39 Å². The standard InChI is InChI=1S/C21H24FNO/c1-16-14-23(15-17-7-3-2-4-8-17)12-11-19(16)21(24)13-18-9-5-6-10-20(18)22/h2-10,16,19H,11-15H2,1H3/t16-,19?/m1/s1. The van der Waals surface area contributed by atoms with Gasteiger partial charge in [-0.2, -0.15) is 0 Å². The minimum Gasteiger partial charge on any atom is -0.299 e. The third kappa shape index (κ3) is 4.09. The SMILES string of the molecule is C[C@@H]1CN(Cc2ccccc2)CCC1C(=O)Cc1ccccc1F. The maximum absolute atomic E-state index is 13.8. The van der Waals surface area contributed by atoms with E-state index in [9.17, 15) is 9.18 Å². The molecule has 1 saturated heterocycles. The molecule has 0 bridgehead atoms. The van der Waals surface area contributed by atoms with Gasteiger partial charge in [0.2, 0.25) is 0 Å². The Kier molecular flexibility index (Phi) is 5.41. The summed E-state index contributed by atoms with van der Waals surface area (Å²) in [7, 11) is 0. The Hall–Kier alpha value is -2.00. The lowest BCUT2D eigenvalue weighted by Crippen LogP contribution is -2.42. The Balaban J connectivity index is 1.57. The first-order chi connectivity index (χ1) is 11.6. The fourth-order valence-electron chi connectivity index (χ4n) is 3.66. The Morgan fingerprint density at radius 3 is 2.54 bits per heavy atom. The number of piperidine rings is 1. The number of hydrogen-bond donors (Lipinski definition) is 0. The molecule has 3 rings (SSSR count). The summed E-state index contributed by atoms with van der Waals surface area (Å²) in [6, 6.07) is 17.0. The molecule has 1 heterocycles. The highest BCUT2D eigenvalue weighted by Crippen LogP contribution is 2.26. The van der Waals surface area contributed by atoms with Gasteiger partial charge in [0.05, 0.1) is 0 Å². The molecule has 1 aliphatic heterocycles. The van der Waals surface area contributed by atoms with Gasteiger partial charge in [0.15, 0.2) is 0 Å². The number of Topliss-reactive ketones (excluding diaryl/α,β-unsaturated/α-hetero) is 1. The fourth-order valence-corrected chi connectivity index (χ4v) is 3.66. The topological polar surface area (TPSA) is 20.3 Å². The number of halogens is 1.